The maximum absolute atomic E-state index is 13.6. The Hall–Kier alpha value is -0.450. The lowest BCUT2D eigenvalue weighted by atomic mass is 9.67. The minimum Gasteiger partial charge on any atom is -0.305 e. The largest absolute Gasteiger partial charge is 0.305 e. The Balaban J connectivity index is 1.73. The van der Waals surface area contributed by atoms with Crippen molar-refractivity contribution < 1.29 is 4.79 Å². The quantitative estimate of drug-likeness (QED) is 0.846. The number of carbonyl (C=O) groups excluding carboxylic acids is 1. The highest BCUT2D eigenvalue weighted by molar-refractivity contribution is 5.87. The second kappa shape index (κ2) is 7.66. The summed E-state index contributed by atoms with van der Waals surface area (Å²) < 4.78 is 0. The van der Waals surface area contributed by atoms with Crippen LogP contribution in [0.25, 0.3) is 0 Å². The second-order valence-electron chi connectivity index (χ2n) is 9.80. The maximum atomic E-state index is 13.6. The van der Waals surface area contributed by atoms with Crippen molar-refractivity contribution in [3.8, 4) is 0 Å². The van der Waals surface area contributed by atoms with Gasteiger partial charge in [-0.15, -0.1) is 0 Å². The van der Waals surface area contributed by atoms with Crippen LogP contribution in [0.4, 0.5) is 0 Å². The number of nitrogens with zero attached hydrogens (tertiary/aromatic N) is 2. The lowest BCUT2D eigenvalue weighted by Crippen LogP contribution is -2.70. The molecule has 0 bridgehead atoms. The van der Waals surface area contributed by atoms with E-state index in [0.717, 1.165) is 13.1 Å². The third-order valence-electron chi connectivity index (χ3n) is 6.85. The fourth-order valence-electron chi connectivity index (χ4n) is 5.40. The summed E-state index contributed by atoms with van der Waals surface area (Å²) in [5.74, 6) is 0.715. The molecule has 0 aromatic heterocycles. The first-order valence-electron chi connectivity index (χ1n) is 10.6. The molecule has 2 unspecified atom stereocenters. The van der Waals surface area contributed by atoms with Crippen LogP contribution in [0.15, 0.2) is 0 Å². The molecule has 3 heterocycles. The number of hydrogen-bond acceptors (Lipinski definition) is 4. The molecule has 0 radical (unpaired) electrons. The average Bonchev–Trinajstić information content (AvgIpc) is 2.56. The molecule has 4 nitrogen and oxygen atoms in total. The van der Waals surface area contributed by atoms with E-state index in [1.165, 1.54) is 64.7 Å². The van der Waals surface area contributed by atoms with Crippen molar-refractivity contribution in [3.05, 3.63) is 0 Å². The monoisotopic (exact) mass is 349 g/mol. The van der Waals surface area contributed by atoms with Gasteiger partial charge in [0.25, 0.3) is 0 Å². The summed E-state index contributed by atoms with van der Waals surface area (Å²) in [4.78, 5) is 18.7. The van der Waals surface area contributed by atoms with Gasteiger partial charge in [-0.3, -0.25) is 4.79 Å². The lowest BCUT2D eigenvalue weighted by molar-refractivity contribution is -0.139. The zero-order chi connectivity index (χ0) is 18.1. The van der Waals surface area contributed by atoms with Crippen molar-refractivity contribution in [3.63, 3.8) is 0 Å². The summed E-state index contributed by atoms with van der Waals surface area (Å²) in [6.45, 7) is 15.5. The Labute approximate surface area is 154 Å². The molecule has 0 spiro atoms. The van der Waals surface area contributed by atoms with Crippen molar-refractivity contribution in [1.82, 2.24) is 15.1 Å². The van der Waals surface area contributed by atoms with E-state index in [1.807, 2.05) is 0 Å². The Bertz CT molecular complexity index is 422. The third-order valence-corrected chi connectivity index (χ3v) is 6.85. The first-order valence-corrected chi connectivity index (χ1v) is 10.6. The predicted octanol–water partition coefficient (Wildman–Crippen LogP) is 2.92. The summed E-state index contributed by atoms with van der Waals surface area (Å²) >= 11 is 0. The van der Waals surface area contributed by atoms with Crippen LogP contribution in [-0.2, 0) is 4.79 Å². The summed E-state index contributed by atoms with van der Waals surface area (Å²) in [7, 11) is 0. The average molecular weight is 350 g/mol. The van der Waals surface area contributed by atoms with Crippen LogP contribution in [0.2, 0.25) is 0 Å². The minimum absolute atomic E-state index is 0.105. The zero-order valence-electron chi connectivity index (χ0n) is 16.9. The number of rotatable bonds is 4. The number of hydrogen-bond donors (Lipinski definition) is 1. The number of piperidine rings is 3. The van der Waals surface area contributed by atoms with Crippen molar-refractivity contribution in [2.75, 3.05) is 39.3 Å². The Kier molecular flexibility index (Phi) is 5.92. The second-order valence-corrected chi connectivity index (χ2v) is 9.80. The van der Waals surface area contributed by atoms with Gasteiger partial charge >= 0.3 is 0 Å². The van der Waals surface area contributed by atoms with Crippen LogP contribution in [0.5, 0.6) is 0 Å². The van der Waals surface area contributed by atoms with Gasteiger partial charge in [-0.1, -0.05) is 12.8 Å². The molecule has 3 aliphatic rings. The Morgan fingerprint density at radius 3 is 1.48 bits per heavy atom. The summed E-state index contributed by atoms with van der Waals surface area (Å²) in [6.07, 6.45) is 7.85. The highest BCUT2D eigenvalue weighted by Crippen LogP contribution is 2.36. The lowest BCUT2D eigenvalue weighted by Gasteiger charge is -2.53. The summed E-state index contributed by atoms with van der Waals surface area (Å²) in [6, 6.07) is 0. The van der Waals surface area contributed by atoms with Crippen molar-refractivity contribution in [2.45, 2.75) is 77.3 Å². The van der Waals surface area contributed by atoms with Crippen LogP contribution in [0.1, 0.15) is 66.2 Å². The van der Waals surface area contributed by atoms with Crippen LogP contribution < -0.4 is 5.32 Å². The summed E-state index contributed by atoms with van der Waals surface area (Å²) in [5, 5.41) is 3.87. The topological polar surface area (TPSA) is 35.6 Å². The SMILES string of the molecule is CC1(C)NC(C)(C)C(CN2CCCCC2)C(=O)C1CN1CCCCC1. The normalized spacial score (nSPS) is 34.2. The van der Waals surface area contributed by atoms with E-state index in [9.17, 15) is 4.79 Å². The molecule has 2 atom stereocenters. The minimum atomic E-state index is -0.129. The first-order chi connectivity index (χ1) is 11.8. The van der Waals surface area contributed by atoms with Gasteiger partial charge in [0, 0.05) is 36.0 Å². The van der Waals surface area contributed by atoms with E-state index >= 15 is 0 Å². The maximum Gasteiger partial charge on any atom is 0.145 e. The van der Waals surface area contributed by atoms with Gasteiger partial charge in [0.15, 0.2) is 0 Å². The van der Waals surface area contributed by atoms with Gasteiger partial charge in [0.05, 0.1) is 0 Å². The Morgan fingerprint density at radius 1 is 0.760 bits per heavy atom. The van der Waals surface area contributed by atoms with E-state index in [2.05, 4.69) is 42.8 Å². The summed E-state index contributed by atoms with van der Waals surface area (Å²) in [5.41, 5.74) is -0.257. The number of carbonyl (C=O) groups is 1. The standard InChI is InChI=1S/C21H39N3O/c1-20(2)17(15-23-11-7-5-8-12-23)19(25)18(21(3,4)22-20)16-24-13-9-6-10-14-24/h17-18,22H,5-16H2,1-4H3. The van der Waals surface area contributed by atoms with Crippen LogP contribution in [0, 0.1) is 11.8 Å². The number of Topliss-reactive ketones (excluding diaryl/α,β-unsaturated/α-hetero) is 1. The van der Waals surface area contributed by atoms with E-state index in [4.69, 9.17) is 0 Å². The Morgan fingerprint density at radius 2 is 1.12 bits per heavy atom. The van der Waals surface area contributed by atoms with Gasteiger partial charge in [0.2, 0.25) is 0 Å². The number of ketones is 1. The van der Waals surface area contributed by atoms with E-state index in [-0.39, 0.29) is 22.9 Å². The fraction of sp³-hybridized carbons (Fsp3) is 0.952. The molecule has 1 N–H and O–H groups in total. The molecule has 4 heteroatoms. The molecular weight excluding hydrogens is 310 g/mol. The molecule has 3 rings (SSSR count). The number of likely N-dealkylation sites (tertiary alicyclic amines) is 2. The molecular formula is C21H39N3O. The van der Waals surface area contributed by atoms with Gasteiger partial charge in [-0.25, -0.2) is 0 Å². The van der Waals surface area contributed by atoms with Crippen LogP contribution >= 0.6 is 0 Å². The molecule has 25 heavy (non-hydrogen) atoms. The van der Waals surface area contributed by atoms with Crippen molar-refractivity contribution in [2.24, 2.45) is 11.8 Å². The van der Waals surface area contributed by atoms with Gasteiger partial charge in [-0.2, -0.15) is 0 Å². The van der Waals surface area contributed by atoms with E-state index in [0.29, 0.717) is 5.78 Å². The van der Waals surface area contributed by atoms with E-state index < -0.39 is 0 Å². The first kappa shape index (κ1) is 19.3. The third kappa shape index (κ3) is 4.45. The highest BCUT2D eigenvalue weighted by atomic mass is 16.1. The predicted molar refractivity (Wildman–Crippen MR) is 104 cm³/mol. The fourth-order valence-corrected chi connectivity index (χ4v) is 5.40. The smallest absolute Gasteiger partial charge is 0.145 e. The molecule has 0 aromatic carbocycles. The molecule has 3 aliphatic heterocycles. The molecule has 0 aliphatic carbocycles. The molecule has 0 saturated carbocycles. The van der Waals surface area contributed by atoms with Crippen molar-refractivity contribution >= 4 is 5.78 Å². The van der Waals surface area contributed by atoms with Gasteiger partial charge in [-0.05, 0) is 79.6 Å². The number of nitrogens with one attached hydrogen (secondary N) is 1. The molecule has 0 aromatic rings. The van der Waals surface area contributed by atoms with E-state index in [1.54, 1.807) is 0 Å². The zero-order valence-corrected chi connectivity index (χ0v) is 16.9. The van der Waals surface area contributed by atoms with Gasteiger partial charge < -0.3 is 15.1 Å². The van der Waals surface area contributed by atoms with Crippen molar-refractivity contribution in [1.29, 1.82) is 0 Å². The molecule has 3 saturated heterocycles. The molecule has 0 amide bonds. The van der Waals surface area contributed by atoms with Gasteiger partial charge in [0.1, 0.15) is 5.78 Å². The highest BCUT2D eigenvalue weighted by Gasteiger charge is 2.51. The van der Waals surface area contributed by atoms with Crippen LogP contribution in [0.3, 0.4) is 0 Å². The molecule has 144 valence electrons. The molecule has 3 fully saturated rings. The van der Waals surface area contributed by atoms with Crippen LogP contribution in [-0.4, -0.2) is 65.9 Å².